The summed E-state index contributed by atoms with van der Waals surface area (Å²) in [5.41, 5.74) is 2.18. The number of aromatic nitrogens is 4. The van der Waals surface area contributed by atoms with Gasteiger partial charge in [-0.25, -0.2) is 4.98 Å². The molecule has 0 aliphatic rings. The lowest BCUT2D eigenvalue weighted by Crippen LogP contribution is -2.04. The maximum atomic E-state index is 4.50. The molecule has 0 aromatic carbocycles. The quantitative estimate of drug-likeness (QED) is 0.717. The van der Waals surface area contributed by atoms with Crippen LogP contribution in [-0.4, -0.2) is 19.3 Å². The maximum Gasteiger partial charge on any atom is 0.136 e. The van der Waals surface area contributed by atoms with E-state index in [1.807, 2.05) is 58.3 Å². The zero-order valence-electron chi connectivity index (χ0n) is 11.1. The minimum absolute atomic E-state index is 0.342. The van der Waals surface area contributed by atoms with E-state index in [-0.39, 0.29) is 0 Å². The summed E-state index contributed by atoms with van der Waals surface area (Å²) in [5, 5.41) is 4.35. The number of nitrogens with zero attached hydrogens (tertiary/aromatic N) is 4. The van der Waals surface area contributed by atoms with Gasteiger partial charge in [0.15, 0.2) is 0 Å². The summed E-state index contributed by atoms with van der Waals surface area (Å²) in [5.74, 6) is 0.921. The van der Waals surface area contributed by atoms with Crippen molar-refractivity contribution in [3.63, 3.8) is 0 Å². The lowest BCUT2D eigenvalue weighted by molar-refractivity contribution is 0.538. The zero-order chi connectivity index (χ0) is 13.2. The third kappa shape index (κ3) is 2.17. The molecule has 0 atom stereocenters. The van der Waals surface area contributed by atoms with Crippen molar-refractivity contribution in [3.05, 3.63) is 55.1 Å². The molecular weight excluding hydrogens is 236 g/mol. The van der Waals surface area contributed by atoms with Crippen LogP contribution in [0.5, 0.6) is 0 Å². The molecule has 3 rings (SSSR count). The Morgan fingerprint density at radius 2 is 1.84 bits per heavy atom. The van der Waals surface area contributed by atoms with Crippen molar-refractivity contribution in [2.24, 2.45) is 0 Å². The Balaban J connectivity index is 1.97. The highest BCUT2D eigenvalue weighted by Gasteiger charge is 2.08. The Morgan fingerprint density at radius 1 is 1.05 bits per heavy atom. The molecular formula is C15H16N4. The summed E-state index contributed by atoms with van der Waals surface area (Å²) < 4.78 is 4.00. The topological polar surface area (TPSA) is 35.6 Å². The van der Waals surface area contributed by atoms with Crippen molar-refractivity contribution >= 4 is 0 Å². The van der Waals surface area contributed by atoms with E-state index in [4.69, 9.17) is 0 Å². The van der Waals surface area contributed by atoms with Gasteiger partial charge in [-0.05, 0) is 44.2 Å². The van der Waals surface area contributed by atoms with Crippen molar-refractivity contribution in [1.82, 2.24) is 19.3 Å². The molecule has 0 radical (unpaired) electrons. The maximum absolute atomic E-state index is 4.50. The molecule has 0 bridgehead atoms. The monoisotopic (exact) mass is 252 g/mol. The summed E-state index contributed by atoms with van der Waals surface area (Å²) in [7, 11) is 0. The van der Waals surface area contributed by atoms with E-state index in [1.54, 1.807) is 0 Å². The Morgan fingerprint density at radius 3 is 2.47 bits per heavy atom. The van der Waals surface area contributed by atoms with Gasteiger partial charge < -0.3 is 4.57 Å². The number of pyridine rings is 1. The Kier molecular flexibility index (Phi) is 2.91. The third-order valence-electron chi connectivity index (χ3n) is 3.07. The van der Waals surface area contributed by atoms with Crippen LogP contribution < -0.4 is 0 Å². The first-order valence-corrected chi connectivity index (χ1v) is 6.39. The highest BCUT2D eigenvalue weighted by Crippen LogP contribution is 2.21. The van der Waals surface area contributed by atoms with Gasteiger partial charge in [-0.2, -0.15) is 5.10 Å². The average Bonchev–Trinajstić information content (AvgIpc) is 3.10. The van der Waals surface area contributed by atoms with E-state index in [2.05, 4.69) is 30.0 Å². The van der Waals surface area contributed by atoms with Crippen LogP contribution in [0.2, 0.25) is 0 Å². The number of rotatable bonds is 3. The first-order valence-electron chi connectivity index (χ1n) is 6.39. The van der Waals surface area contributed by atoms with Gasteiger partial charge >= 0.3 is 0 Å². The summed E-state index contributed by atoms with van der Waals surface area (Å²) in [6.07, 6.45) is 7.70. The predicted molar refractivity (Wildman–Crippen MR) is 75.2 cm³/mol. The minimum atomic E-state index is 0.342. The van der Waals surface area contributed by atoms with Crippen LogP contribution in [0.25, 0.3) is 17.1 Å². The molecule has 4 nitrogen and oxygen atoms in total. The fourth-order valence-electron chi connectivity index (χ4n) is 2.13. The second-order valence-electron chi connectivity index (χ2n) is 4.75. The lowest BCUT2D eigenvalue weighted by atomic mass is 10.2. The highest BCUT2D eigenvalue weighted by molar-refractivity contribution is 5.59. The smallest absolute Gasteiger partial charge is 0.136 e. The molecule has 96 valence electrons. The van der Waals surface area contributed by atoms with E-state index < -0.39 is 0 Å². The number of hydrogen-bond acceptors (Lipinski definition) is 2. The molecule has 0 aliphatic carbocycles. The van der Waals surface area contributed by atoms with Gasteiger partial charge in [0.2, 0.25) is 0 Å². The van der Waals surface area contributed by atoms with Crippen LogP contribution in [-0.2, 0) is 0 Å². The van der Waals surface area contributed by atoms with Crippen LogP contribution in [0.1, 0.15) is 19.9 Å². The van der Waals surface area contributed by atoms with Gasteiger partial charge in [-0.1, -0.05) is 0 Å². The Hall–Kier alpha value is -2.36. The van der Waals surface area contributed by atoms with E-state index >= 15 is 0 Å². The van der Waals surface area contributed by atoms with Crippen molar-refractivity contribution in [1.29, 1.82) is 0 Å². The van der Waals surface area contributed by atoms with Gasteiger partial charge in [0.25, 0.3) is 0 Å². The molecule has 3 heterocycles. The highest BCUT2D eigenvalue weighted by atomic mass is 15.3. The summed E-state index contributed by atoms with van der Waals surface area (Å²) in [6, 6.07) is 10.4. The molecule has 0 spiro atoms. The Labute approximate surface area is 112 Å². The van der Waals surface area contributed by atoms with Crippen LogP contribution in [0.3, 0.4) is 0 Å². The molecule has 3 aromatic heterocycles. The second-order valence-corrected chi connectivity index (χ2v) is 4.75. The van der Waals surface area contributed by atoms with Crippen LogP contribution >= 0.6 is 0 Å². The molecule has 0 saturated carbocycles. The van der Waals surface area contributed by atoms with Crippen molar-refractivity contribution in [2.45, 2.75) is 19.9 Å². The lowest BCUT2D eigenvalue weighted by Gasteiger charge is -2.11. The molecule has 0 aliphatic heterocycles. The normalized spacial score (nSPS) is 11.1. The van der Waals surface area contributed by atoms with Crippen molar-refractivity contribution < 1.29 is 0 Å². The van der Waals surface area contributed by atoms with Gasteiger partial charge in [0.1, 0.15) is 5.82 Å². The molecule has 3 aromatic rings. The Bertz CT molecular complexity index is 648. The molecule has 19 heavy (non-hydrogen) atoms. The van der Waals surface area contributed by atoms with Crippen LogP contribution in [0.15, 0.2) is 55.1 Å². The fourth-order valence-corrected chi connectivity index (χ4v) is 2.13. The molecule has 0 amide bonds. The first kappa shape index (κ1) is 11.7. The first-order chi connectivity index (χ1) is 9.25. The van der Waals surface area contributed by atoms with Crippen molar-refractivity contribution in [2.75, 3.05) is 0 Å². The van der Waals surface area contributed by atoms with E-state index in [9.17, 15) is 0 Å². The molecule has 0 saturated heterocycles. The summed E-state index contributed by atoms with van der Waals surface area (Å²) in [6.45, 7) is 4.25. The SMILES string of the molecule is CC(C)n1nccc1-c1ccc(-n2cccc2)nc1. The van der Waals surface area contributed by atoms with Gasteiger partial charge in [-0.3, -0.25) is 4.68 Å². The molecule has 4 heteroatoms. The second kappa shape index (κ2) is 4.72. The van der Waals surface area contributed by atoms with Gasteiger partial charge in [-0.15, -0.1) is 0 Å². The summed E-state index contributed by atoms with van der Waals surface area (Å²) >= 11 is 0. The number of hydrogen-bond donors (Lipinski definition) is 0. The van der Waals surface area contributed by atoms with Gasteiger partial charge in [0.05, 0.1) is 5.69 Å². The van der Waals surface area contributed by atoms with E-state index in [0.29, 0.717) is 6.04 Å². The predicted octanol–water partition coefficient (Wildman–Crippen LogP) is 3.32. The largest absolute Gasteiger partial charge is 0.309 e. The molecule has 0 unspecified atom stereocenters. The molecule has 0 N–H and O–H groups in total. The fraction of sp³-hybridized carbons (Fsp3) is 0.200. The average molecular weight is 252 g/mol. The van der Waals surface area contributed by atoms with E-state index in [0.717, 1.165) is 17.1 Å². The third-order valence-corrected chi connectivity index (χ3v) is 3.07. The summed E-state index contributed by atoms with van der Waals surface area (Å²) in [4.78, 5) is 4.50. The van der Waals surface area contributed by atoms with Crippen molar-refractivity contribution in [3.8, 4) is 17.1 Å². The molecule has 0 fully saturated rings. The van der Waals surface area contributed by atoms with Gasteiger partial charge in [0, 0.05) is 36.4 Å². The van der Waals surface area contributed by atoms with Crippen LogP contribution in [0.4, 0.5) is 0 Å². The van der Waals surface area contributed by atoms with E-state index in [1.165, 1.54) is 0 Å². The zero-order valence-corrected chi connectivity index (χ0v) is 11.1. The van der Waals surface area contributed by atoms with Crippen LogP contribution in [0, 0.1) is 0 Å². The minimum Gasteiger partial charge on any atom is -0.309 e. The standard InChI is InChI=1S/C15H16N4/c1-12(2)19-14(7-8-17-19)13-5-6-15(16-11-13)18-9-3-4-10-18/h3-12H,1-2H3.